The minimum atomic E-state index is -0.652. The number of aromatic amines is 1. The van der Waals surface area contributed by atoms with Crippen molar-refractivity contribution in [3.05, 3.63) is 46.2 Å². The Morgan fingerprint density at radius 1 is 1.16 bits per heavy atom. The number of piperidine rings is 2. The summed E-state index contributed by atoms with van der Waals surface area (Å²) in [5, 5.41) is 0.492. The Labute approximate surface area is 260 Å². The van der Waals surface area contributed by atoms with Crippen molar-refractivity contribution in [2.24, 2.45) is 5.92 Å². The lowest BCUT2D eigenvalue weighted by atomic mass is 9.79. The lowest BCUT2D eigenvalue weighted by Crippen LogP contribution is -2.58. The van der Waals surface area contributed by atoms with Gasteiger partial charge >= 0.3 is 12.1 Å². The molecule has 6 heterocycles. The van der Waals surface area contributed by atoms with Gasteiger partial charge in [-0.3, -0.25) is 9.69 Å². The summed E-state index contributed by atoms with van der Waals surface area (Å²) in [5.41, 5.74) is 5.06. The Morgan fingerprint density at radius 3 is 2.75 bits per heavy atom. The molecule has 11 nitrogen and oxygen atoms in total. The van der Waals surface area contributed by atoms with Crippen LogP contribution in [0, 0.1) is 5.92 Å². The van der Waals surface area contributed by atoms with Crippen LogP contribution in [0.15, 0.2) is 24.5 Å². The number of Topliss-reactive ketones (excluding diaryl/α,β-unsaturated/α-hetero) is 1. The normalized spacial score (nSPS) is 23.7. The van der Waals surface area contributed by atoms with E-state index < -0.39 is 17.7 Å². The molecule has 2 unspecified atom stereocenters. The molecule has 5 aliphatic rings. The molecule has 8 rings (SSSR count). The molecule has 1 N–H and O–H groups in total. The van der Waals surface area contributed by atoms with Gasteiger partial charge in [0, 0.05) is 56.3 Å². The van der Waals surface area contributed by atoms with E-state index in [4.69, 9.17) is 26.1 Å². The quantitative estimate of drug-likeness (QED) is 0.422. The van der Waals surface area contributed by atoms with Crippen molar-refractivity contribution in [1.29, 1.82) is 0 Å². The molecule has 44 heavy (non-hydrogen) atoms. The number of fused-ring (bicyclic) bond motifs is 5. The molecular weight excluding hydrogens is 584 g/mol. The summed E-state index contributed by atoms with van der Waals surface area (Å²) in [7, 11) is 0. The number of hydrogen-bond acceptors (Lipinski definition) is 7. The lowest BCUT2D eigenvalue weighted by Gasteiger charge is -2.46. The van der Waals surface area contributed by atoms with Crippen LogP contribution < -0.4 is 0 Å². The van der Waals surface area contributed by atoms with Crippen LogP contribution in [-0.2, 0) is 27.2 Å². The van der Waals surface area contributed by atoms with Crippen LogP contribution in [0.2, 0.25) is 5.02 Å². The van der Waals surface area contributed by atoms with Gasteiger partial charge in [0.2, 0.25) is 0 Å². The largest absolute Gasteiger partial charge is 0.444 e. The van der Waals surface area contributed by atoms with Gasteiger partial charge in [0.05, 0.1) is 36.2 Å². The second-order valence-electron chi connectivity index (χ2n) is 13.3. The number of carbonyl (C=O) groups excluding carboxylic acids is 3. The second-order valence-corrected chi connectivity index (χ2v) is 13.7. The highest BCUT2D eigenvalue weighted by Gasteiger charge is 2.43. The minimum absolute atomic E-state index is 0.0183. The average Bonchev–Trinajstić information content (AvgIpc) is 3.39. The number of ketones is 1. The monoisotopic (exact) mass is 620 g/mol. The molecule has 232 valence electrons. The van der Waals surface area contributed by atoms with Crippen LogP contribution in [0.4, 0.5) is 9.59 Å². The van der Waals surface area contributed by atoms with E-state index in [0.717, 1.165) is 35.1 Å². The summed E-state index contributed by atoms with van der Waals surface area (Å²) in [6.07, 6.45) is 5.83. The Kier molecular flexibility index (Phi) is 7.28. The number of halogens is 1. The number of morpholine rings is 1. The van der Waals surface area contributed by atoms with Gasteiger partial charge in [0.25, 0.3) is 0 Å². The molecule has 3 aromatic rings. The van der Waals surface area contributed by atoms with Crippen LogP contribution in [0.5, 0.6) is 0 Å². The Balaban J connectivity index is 1.27. The Bertz CT molecular complexity index is 1650. The van der Waals surface area contributed by atoms with E-state index in [1.807, 2.05) is 36.6 Å². The van der Waals surface area contributed by atoms with E-state index in [1.165, 1.54) is 0 Å². The summed E-state index contributed by atoms with van der Waals surface area (Å²) < 4.78 is 11.7. The summed E-state index contributed by atoms with van der Waals surface area (Å²) >= 11 is 6.38. The molecular formula is C32H37ClN6O5. The smallest absolute Gasteiger partial charge is 0.410 e. The number of benzene rings is 1. The fourth-order valence-electron chi connectivity index (χ4n) is 7.02. The highest BCUT2D eigenvalue weighted by atomic mass is 35.5. The van der Waals surface area contributed by atoms with Crippen LogP contribution in [0.3, 0.4) is 0 Å². The maximum atomic E-state index is 13.9. The van der Waals surface area contributed by atoms with E-state index in [0.29, 0.717) is 74.1 Å². The van der Waals surface area contributed by atoms with Gasteiger partial charge in [-0.2, -0.15) is 0 Å². The maximum Gasteiger partial charge on any atom is 0.410 e. The van der Waals surface area contributed by atoms with Gasteiger partial charge in [-0.1, -0.05) is 11.6 Å². The summed E-state index contributed by atoms with van der Waals surface area (Å²) in [6.45, 7) is 8.12. The van der Waals surface area contributed by atoms with Crippen LogP contribution in [0.25, 0.3) is 22.4 Å². The van der Waals surface area contributed by atoms with Gasteiger partial charge in [-0.15, -0.1) is 0 Å². The number of aromatic nitrogens is 3. The number of nitrogens with one attached hydrogen (secondary N) is 1. The molecule has 1 saturated carbocycles. The Hall–Kier alpha value is -3.70. The fourth-order valence-corrected chi connectivity index (χ4v) is 7.21. The molecule has 3 atom stereocenters. The predicted octanol–water partition coefficient (Wildman–Crippen LogP) is 5.12. The zero-order valence-electron chi connectivity index (χ0n) is 25.3. The zero-order valence-corrected chi connectivity index (χ0v) is 26.0. The lowest BCUT2D eigenvalue weighted by molar-refractivity contribution is -0.131. The summed E-state index contributed by atoms with van der Waals surface area (Å²) in [4.78, 5) is 57.6. The predicted molar refractivity (Wildman–Crippen MR) is 163 cm³/mol. The van der Waals surface area contributed by atoms with Crippen molar-refractivity contribution in [2.75, 3.05) is 32.8 Å². The first-order valence-corrected chi connectivity index (χ1v) is 15.7. The average molecular weight is 621 g/mol. The van der Waals surface area contributed by atoms with Crippen LogP contribution in [-0.4, -0.2) is 92.1 Å². The minimum Gasteiger partial charge on any atom is -0.444 e. The number of ether oxygens (including phenoxy) is 2. The first-order valence-electron chi connectivity index (χ1n) is 15.4. The third kappa shape index (κ3) is 5.30. The number of urea groups is 1. The number of H-pyrrole nitrogens is 1. The summed E-state index contributed by atoms with van der Waals surface area (Å²) in [6, 6.07) is 3.70. The highest BCUT2D eigenvalue weighted by Crippen LogP contribution is 2.38. The van der Waals surface area contributed by atoms with Crippen LogP contribution >= 0.6 is 11.6 Å². The Morgan fingerprint density at radius 2 is 2.00 bits per heavy atom. The van der Waals surface area contributed by atoms with Gasteiger partial charge in [-0.25, -0.2) is 19.6 Å². The molecule has 1 aliphatic carbocycles. The number of carbonyl (C=O) groups is 3. The summed E-state index contributed by atoms with van der Waals surface area (Å²) in [5.74, 6) is 0.235. The molecule has 3 saturated heterocycles. The number of rotatable bonds is 2. The van der Waals surface area contributed by atoms with E-state index in [-0.39, 0.29) is 23.8 Å². The molecule has 2 bridgehead atoms. The van der Waals surface area contributed by atoms with Gasteiger partial charge in [-0.05, 0) is 68.9 Å². The third-order valence-corrected chi connectivity index (χ3v) is 9.53. The zero-order chi connectivity index (χ0) is 30.7. The molecule has 3 amide bonds. The van der Waals surface area contributed by atoms with Crippen molar-refractivity contribution in [1.82, 2.24) is 29.7 Å². The second kappa shape index (κ2) is 11.0. The molecule has 4 fully saturated rings. The van der Waals surface area contributed by atoms with Crippen molar-refractivity contribution >= 4 is 40.7 Å². The van der Waals surface area contributed by atoms with Gasteiger partial charge < -0.3 is 24.3 Å². The van der Waals surface area contributed by atoms with Crippen molar-refractivity contribution in [2.45, 2.75) is 70.7 Å². The van der Waals surface area contributed by atoms with Crippen molar-refractivity contribution in [3.8, 4) is 11.3 Å². The first kappa shape index (κ1) is 29.0. The van der Waals surface area contributed by atoms with E-state index in [1.54, 1.807) is 17.3 Å². The molecule has 1 aromatic carbocycles. The number of hydrogen-bond donors (Lipinski definition) is 1. The third-order valence-electron chi connectivity index (χ3n) is 9.24. The number of amides is 3. The van der Waals surface area contributed by atoms with E-state index in [2.05, 4.69) is 16.0 Å². The standard InChI is InChI=1S/C32H37ClN6O5/c1-32(2,3)44-31(42)38-8-9-43-17-26(38)22-11-20(25-14-35-29-28(36-25)24(33)13-34-29)10-18-6-7-37(16-23(18)22)30(41)39-15-19-4-5-21(39)12-27(19)40/h10-11,13-14,19,21,26H,4-9,12,15-17H2,1-3H3,(H,34,35)/t19?,21?,26-/m0/s1. The number of nitrogens with zero attached hydrogens (tertiary/aromatic N) is 5. The SMILES string of the molecule is CC(C)(C)OC(=O)N1CCOC[C@H]1c1cc(-c2cnc3[nH]cc(Cl)c3n2)cc2c1CN(C(=O)N1CC3CCC1CC3=O)CC2. The molecule has 4 aliphatic heterocycles. The van der Waals surface area contributed by atoms with Crippen molar-refractivity contribution < 1.29 is 23.9 Å². The van der Waals surface area contributed by atoms with E-state index in [9.17, 15) is 14.4 Å². The molecule has 2 aromatic heterocycles. The maximum absolute atomic E-state index is 13.9. The van der Waals surface area contributed by atoms with Crippen LogP contribution in [0.1, 0.15) is 62.8 Å². The topological polar surface area (TPSA) is 121 Å². The first-order chi connectivity index (χ1) is 21.1. The van der Waals surface area contributed by atoms with Gasteiger partial charge in [0.15, 0.2) is 5.65 Å². The van der Waals surface area contributed by atoms with Crippen molar-refractivity contribution in [3.63, 3.8) is 0 Å². The molecule has 0 spiro atoms. The van der Waals surface area contributed by atoms with E-state index >= 15 is 0 Å². The fraction of sp³-hybridized carbons (Fsp3) is 0.531. The molecule has 12 heteroatoms. The molecule has 0 radical (unpaired) electrons. The highest BCUT2D eigenvalue weighted by molar-refractivity contribution is 6.34. The van der Waals surface area contributed by atoms with Gasteiger partial charge in [0.1, 0.15) is 16.9 Å².